The number of nitrogens with zero attached hydrogens (tertiary/aromatic N) is 1. The highest BCUT2D eigenvalue weighted by Gasteiger charge is 2.07. The summed E-state index contributed by atoms with van der Waals surface area (Å²) in [4.78, 5) is 13.1. The third kappa shape index (κ3) is 3.30. The number of carbonyl (C=O) groups excluding carboxylic acids is 1. The van der Waals surface area contributed by atoms with Gasteiger partial charge in [-0.15, -0.1) is 0 Å². The predicted octanol–water partition coefficient (Wildman–Crippen LogP) is 2.77. The van der Waals surface area contributed by atoms with Crippen LogP contribution in [0.5, 0.6) is 0 Å². The summed E-state index contributed by atoms with van der Waals surface area (Å²) in [5.41, 5.74) is 14.5. The summed E-state index contributed by atoms with van der Waals surface area (Å²) in [5.74, 6) is -0.415. The van der Waals surface area contributed by atoms with Gasteiger partial charge in [0.15, 0.2) is 0 Å². The lowest BCUT2D eigenvalue weighted by atomic mass is 10.1. The maximum atomic E-state index is 11.0. The molecule has 0 heterocycles. The maximum Gasteiger partial charge on any atom is 0.248 e. The summed E-state index contributed by atoms with van der Waals surface area (Å²) in [7, 11) is 1.97. The topological polar surface area (TPSA) is 72.3 Å². The molecule has 0 aliphatic heterocycles. The highest BCUT2D eigenvalue weighted by molar-refractivity contribution is 9.10. The zero-order chi connectivity index (χ0) is 14.7. The van der Waals surface area contributed by atoms with E-state index in [1.165, 1.54) is 0 Å². The number of hydrogen-bond acceptors (Lipinski definition) is 3. The van der Waals surface area contributed by atoms with Gasteiger partial charge in [-0.25, -0.2) is 0 Å². The van der Waals surface area contributed by atoms with E-state index in [2.05, 4.69) is 20.8 Å². The van der Waals surface area contributed by atoms with E-state index >= 15 is 0 Å². The molecule has 0 saturated heterocycles. The first kappa shape index (κ1) is 14.4. The van der Waals surface area contributed by atoms with E-state index in [0.717, 1.165) is 21.4 Å². The van der Waals surface area contributed by atoms with Crippen LogP contribution in [0.3, 0.4) is 0 Å². The van der Waals surface area contributed by atoms with E-state index < -0.39 is 5.91 Å². The number of rotatable bonds is 4. The van der Waals surface area contributed by atoms with Crippen LogP contribution in [0.4, 0.5) is 11.4 Å². The van der Waals surface area contributed by atoms with Crippen LogP contribution in [0.15, 0.2) is 46.9 Å². The van der Waals surface area contributed by atoms with Gasteiger partial charge in [-0.3, -0.25) is 4.79 Å². The molecule has 0 aromatic heterocycles. The minimum absolute atomic E-state index is 0.415. The van der Waals surface area contributed by atoms with Gasteiger partial charge in [-0.1, -0.05) is 28.1 Å². The van der Waals surface area contributed by atoms with Crippen molar-refractivity contribution in [3.8, 4) is 0 Å². The van der Waals surface area contributed by atoms with E-state index in [0.29, 0.717) is 12.1 Å². The highest BCUT2D eigenvalue weighted by atomic mass is 79.9. The lowest BCUT2D eigenvalue weighted by Crippen LogP contribution is -2.18. The van der Waals surface area contributed by atoms with Crippen LogP contribution in [0.2, 0.25) is 0 Å². The second kappa shape index (κ2) is 5.96. The second-order valence-electron chi connectivity index (χ2n) is 4.62. The quantitative estimate of drug-likeness (QED) is 0.845. The molecule has 0 atom stereocenters. The average Bonchev–Trinajstić information content (AvgIpc) is 2.39. The Morgan fingerprint density at radius 3 is 2.40 bits per heavy atom. The van der Waals surface area contributed by atoms with Crippen LogP contribution >= 0.6 is 15.9 Å². The Labute approximate surface area is 126 Å². The number of benzene rings is 2. The number of nitrogens with two attached hydrogens (primary N) is 2. The third-order valence-electron chi connectivity index (χ3n) is 3.06. The summed E-state index contributed by atoms with van der Waals surface area (Å²) in [6.07, 6.45) is 0. The van der Waals surface area contributed by atoms with Gasteiger partial charge in [-0.2, -0.15) is 0 Å². The molecule has 2 aromatic carbocycles. The summed E-state index contributed by atoms with van der Waals surface area (Å²) in [6.45, 7) is 0.699. The maximum absolute atomic E-state index is 11.0. The van der Waals surface area contributed by atoms with Crippen molar-refractivity contribution in [2.75, 3.05) is 17.7 Å². The van der Waals surface area contributed by atoms with Crippen molar-refractivity contribution in [1.82, 2.24) is 0 Å². The number of hydrogen-bond donors (Lipinski definition) is 2. The Morgan fingerprint density at radius 1 is 1.20 bits per heavy atom. The van der Waals surface area contributed by atoms with Crippen LogP contribution in [0.25, 0.3) is 0 Å². The number of carbonyl (C=O) groups is 1. The first-order chi connectivity index (χ1) is 9.47. The Bertz CT molecular complexity index is 626. The molecule has 0 fully saturated rings. The van der Waals surface area contributed by atoms with Gasteiger partial charge >= 0.3 is 0 Å². The summed E-state index contributed by atoms with van der Waals surface area (Å²) >= 11 is 3.39. The summed E-state index contributed by atoms with van der Waals surface area (Å²) < 4.78 is 0.956. The van der Waals surface area contributed by atoms with Gasteiger partial charge in [0.05, 0.1) is 11.4 Å². The molecule has 0 bridgehead atoms. The predicted molar refractivity (Wildman–Crippen MR) is 85.6 cm³/mol. The molecule has 2 rings (SSSR count). The molecule has 2 aromatic rings. The van der Waals surface area contributed by atoms with Crippen molar-refractivity contribution >= 4 is 33.2 Å². The normalized spacial score (nSPS) is 10.3. The first-order valence-electron chi connectivity index (χ1n) is 6.12. The fourth-order valence-electron chi connectivity index (χ4n) is 2.01. The SMILES string of the molecule is CN(Cc1ccc(C(N)=O)cc1)c1ccc(Br)cc1N. The second-order valence-corrected chi connectivity index (χ2v) is 5.54. The number of anilines is 2. The molecular formula is C15H16BrN3O. The van der Waals surface area contributed by atoms with Gasteiger partial charge in [0, 0.05) is 23.6 Å². The minimum Gasteiger partial charge on any atom is -0.397 e. The molecule has 20 heavy (non-hydrogen) atoms. The van der Waals surface area contributed by atoms with E-state index in [-0.39, 0.29) is 0 Å². The third-order valence-corrected chi connectivity index (χ3v) is 3.55. The van der Waals surface area contributed by atoms with Gasteiger partial charge in [0.1, 0.15) is 0 Å². The standard InChI is InChI=1S/C15H16BrN3O/c1-19(14-7-6-12(16)8-13(14)17)9-10-2-4-11(5-3-10)15(18)20/h2-8H,9,17H2,1H3,(H2,18,20). The smallest absolute Gasteiger partial charge is 0.248 e. The molecule has 5 heteroatoms. The van der Waals surface area contributed by atoms with Crippen molar-refractivity contribution < 1.29 is 4.79 Å². The van der Waals surface area contributed by atoms with Crippen LogP contribution in [-0.2, 0) is 6.54 Å². The molecule has 0 radical (unpaired) electrons. The number of nitrogen functional groups attached to an aromatic ring is 1. The molecule has 4 N–H and O–H groups in total. The van der Waals surface area contributed by atoms with Gasteiger partial charge in [-0.05, 0) is 35.9 Å². The van der Waals surface area contributed by atoms with E-state index in [4.69, 9.17) is 11.5 Å². The lowest BCUT2D eigenvalue weighted by Gasteiger charge is -2.21. The molecule has 0 saturated carbocycles. The lowest BCUT2D eigenvalue weighted by molar-refractivity contribution is 0.100. The molecule has 4 nitrogen and oxygen atoms in total. The molecule has 0 unspecified atom stereocenters. The van der Waals surface area contributed by atoms with E-state index in [1.54, 1.807) is 12.1 Å². The van der Waals surface area contributed by atoms with Crippen molar-refractivity contribution in [3.05, 3.63) is 58.1 Å². The fourth-order valence-corrected chi connectivity index (χ4v) is 2.39. The molecule has 0 spiro atoms. The Kier molecular flexibility index (Phi) is 4.29. The Hall–Kier alpha value is -2.01. The molecular weight excluding hydrogens is 318 g/mol. The van der Waals surface area contributed by atoms with Gasteiger partial charge in [0.25, 0.3) is 0 Å². The van der Waals surface area contributed by atoms with E-state index in [9.17, 15) is 4.79 Å². The zero-order valence-corrected chi connectivity index (χ0v) is 12.7. The molecule has 1 amide bonds. The van der Waals surface area contributed by atoms with Gasteiger partial charge < -0.3 is 16.4 Å². The largest absolute Gasteiger partial charge is 0.397 e. The van der Waals surface area contributed by atoms with Crippen molar-refractivity contribution in [3.63, 3.8) is 0 Å². The number of primary amides is 1. The van der Waals surface area contributed by atoms with Crippen molar-refractivity contribution in [2.24, 2.45) is 5.73 Å². The van der Waals surface area contributed by atoms with Gasteiger partial charge in [0.2, 0.25) is 5.91 Å². The highest BCUT2D eigenvalue weighted by Crippen LogP contribution is 2.26. The monoisotopic (exact) mass is 333 g/mol. The Morgan fingerprint density at radius 2 is 1.85 bits per heavy atom. The van der Waals surface area contributed by atoms with Crippen LogP contribution in [-0.4, -0.2) is 13.0 Å². The van der Waals surface area contributed by atoms with Crippen LogP contribution in [0.1, 0.15) is 15.9 Å². The first-order valence-corrected chi connectivity index (χ1v) is 6.91. The summed E-state index contributed by atoms with van der Waals surface area (Å²) in [6, 6.07) is 13.1. The van der Waals surface area contributed by atoms with Crippen LogP contribution < -0.4 is 16.4 Å². The van der Waals surface area contributed by atoms with Crippen LogP contribution in [0, 0.1) is 0 Å². The number of amides is 1. The molecule has 0 aliphatic rings. The van der Waals surface area contributed by atoms with E-state index in [1.807, 2.05) is 37.4 Å². The van der Waals surface area contributed by atoms with Crippen molar-refractivity contribution in [2.45, 2.75) is 6.54 Å². The average molecular weight is 334 g/mol. The fraction of sp³-hybridized carbons (Fsp3) is 0.133. The molecule has 0 aliphatic carbocycles. The zero-order valence-electron chi connectivity index (χ0n) is 11.1. The number of halogens is 1. The molecule has 104 valence electrons. The van der Waals surface area contributed by atoms with Crippen molar-refractivity contribution in [1.29, 1.82) is 0 Å². The Balaban J connectivity index is 2.14. The minimum atomic E-state index is -0.415. The summed E-state index contributed by atoms with van der Waals surface area (Å²) in [5, 5.41) is 0.